The zero-order valence-electron chi connectivity index (χ0n) is 18.5. The van der Waals surface area contributed by atoms with Crippen molar-refractivity contribution in [2.24, 2.45) is 5.92 Å². The van der Waals surface area contributed by atoms with Crippen LogP contribution in [0.4, 0.5) is 21.0 Å². The van der Waals surface area contributed by atoms with E-state index in [2.05, 4.69) is 20.3 Å². The largest absolute Gasteiger partial charge is 0.447 e. The Balaban J connectivity index is 1.49. The maximum atomic E-state index is 13.5. The van der Waals surface area contributed by atoms with Crippen LogP contribution in [0, 0.1) is 18.7 Å². The van der Waals surface area contributed by atoms with Crippen molar-refractivity contribution < 1.29 is 13.9 Å². The highest BCUT2D eigenvalue weighted by Gasteiger charge is 2.37. The predicted octanol–water partition coefficient (Wildman–Crippen LogP) is 5.14. The number of aromatic nitrogens is 3. The topological polar surface area (TPSA) is 80.2 Å². The van der Waals surface area contributed by atoms with Gasteiger partial charge in [-0.15, -0.1) is 0 Å². The van der Waals surface area contributed by atoms with E-state index in [0.29, 0.717) is 23.9 Å². The number of carbonyl (C=O) groups is 1. The Morgan fingerprint density at radius 1 is 1.12 bits per heavy atom. The number of halogens is 1. The van der Waals surface area contributed by atoms with Gasteiger partial charge in [0.1, 0.15) is 18.2 Å². The number of hydrogen-bond donors (Lipinski definition) is 1. The van der Waals surface area contributed by atoms with Gasteiger partial charge in [0.15, 0.2) is 0 Å². The smallest absolute Gasteiger partial charge is 0.415 e. The van der Waals surface area contributed by atoms with Crippen molar-refractivity contribution in [1.29, 1.82) is 0 Å². The van der Waals surface area contributed by atoms with Crippen molar-refractivity contribution >= 4 is 17.9 Å². The first kappa shape index (κ1) is 21.7. The number of carbonyl (C=O) groups excluding carboxylic acids is 1. The van der Waals surface area contributed by atoms with E-state index < -0.39 is 6.09 Å². The van der Waals surface area contributed by atoms with Crippen molar-refractivity contribution in [3.63, 3.8) is 0 Å². The summed E-state index contributed by atoms with van der Waals surface area (Å²) < 4.78 is 18.8. The highest BCUT2D eigenvalue weighted by Crippen LogP contribution is 2.27. The monoisotopic (exact) mass is 435 g/mol. The van der Waals surface area contributed by atoms with Crippen LogP contribution in [-0.4, -0.2) is 33.7 Å². The average Bonchev–Trinajstić information content (AvgIpc) is 3.18. The number of nitrogens with one attached hydrogen (secondary N) is 1. The first-order chi connectivity index (χ1) is 15.3. The fourth-order valence-corrected chi connectivity index (χ4v) is 3.67. The van der Waals surface area contributed by atoms with Crippen molar-refractivity contribution in [3.05, 3.63) is 65.9 Å². The van der Waals surface area contributed by atoms with Crippen LogP contribution in [0.15, 0.2) is 48.8 Å². The Labute approximate surface area is 186 Å². The molecule has 1 N–H and O–H groups in total. The SMILES string of the molecule is Cc1cc(-c2ccc([C@H](C)Nc3nccc(N4C(=O)OCC4C(C)C)n3)nc2)ccc1F. The van der Waals surface area contributed by atoms with E-state index in [0.717, 1.165) is 16.8 Å². The molecule has 2 aromatic heterocycles. The van der Waals surface area contributed by atoms with E-state index in [9.17, 15) is 9.18 Å². The van der Waals surface area contributed by atoms with Crippen LogP contribution in [0.2, 0.25) is 0 Å². The van der Waals surface area contributed by atoms with Crippen LogP contribution in [-0.2, 0) is 4.74 Å². The van der Waals surface area contributed by atoms with E-state index in [4.69, 9.17) is 4.74 Å². The molecule has 1 saturated heterocycles. The molecular formula is C24H26FN5O2. The summed E-state index contributed by atoms with van der Waals surface area (Å²) in [5, 5.41) is 3.24. The van der Waals surface area contributed by atoms with E-state index >= 15 is 0 Å². The van der Waals surface area contributed by atoms with Crippen molar-refractivity contribution in [2.75, 3.05) is 16.8 Å². The van der Waals surface area contributed by atoms with Gasteiger partial charge in [-0.25, -0.2) is 14.2 Å². The Morgan fingerprint density at radius 2 is 1.91 bits per heavy atom. The third-order valence-electron chi connectivity index (χ3n) is 5.63. The first-order valence-electron chi connectivity index (χ1n) is 10.6. The number of anilines is 2. The van der Waals surface area contributed by atoms with Gasteiger partial charge >= 0.3 is 6.09 Å². The minimum atomic E-state index is -0.394. The molecule has 3 aromatic rings. The molecule has 0 radical (unpaired) electrons. The average molecular weight is 436 g/mol. The summed E-state index contributed by atoms with van der Waals surface area (Å²) in [4.78, 5) is 27.2. The number of ether oxygens (including phenoxy) is 1. The Bertz CT molecular complexity index is 1120. The summed E-state index contributed by atoms with van der Waals surface area (Å²) in [6, 6.07) is 10.4. The van der Waals surface area contributed by atoms with Gasteiger partial charge in [-0.2, -0.15) is 4.98 Å². The first-order valence-corrected chi connectivity index (χ1v) is 10.6. The molecule has 1 fully saturated rings. The lowest BCUT2D eigenvalue weighted by molar-refractivity contribution is 0.177. The second-order valence-electron chi connectivity index (χ2n) is 8.30. The zero-order valence-corrected chi connectivity index (χ0v) is 18.5. The van der Waals surface area contributed by atoms with E-state index in [-0.39, 0.29) is 23.8 Å². The van der Waals surface area contributed by atoms with Crippen molar-refractivity contribution in [3.8, 4) is 11.1 Å². The number of benzene rings is 1. The lowest BCUT2D eigenvalue weighted by atomic mass is 10.0. The fourth-order valence-electron chi connectivity index (χ4n) is 3.67. The van der Waals surface area contributed by atoms with Crippen molar-refractivity contribution in [1.82, 2.24) is 15.0 Å². The zero-order chi connectivity index (χ0) is 22.8. The number of nitrogens with zero attached hydrogens (tertiary/aromatic N) is 4. The van der Waals surface area contributed by atoms with Crippen LogP contribution >= 0.6 is 0 Å². The predicted molar refractivity (Wildman–Crippen MR) is 121 cm³/mol. The minimum absolute atomic E-state index is 0.0630. The maximum absolute atomic E-state index is 13.5. The molecule has 0 saturated carbocycles. The molecule has 8 heteroatoms. The van der Waals surface area contributed by atoms with Crippen molar-refractivity contribution in [2.45, 2.75) is 39.8 Å². The van der Waals surface area contributed by atoms with Crippen LogP contribution in [0.5, 0.6) is 0 Å². The molecule has 0 aliphatic carbocycles. The lowest BCUT2D eigenvalue weighted by Gasteiger charge is -2.23. The Hall–Kier alpha value is -3.55. The van der Waals surface area contributed by atoms with Gasteiger partial charge in [0.05, 0.1) is 17.8 Å². The molecule has 32 heavy (non-hydrogen) atoms. The molecule has 7 nitrogen and oxygen atoms in total. The molecule has 0 spiro atoms. The fraction of sp³-hybridized carbons (Fsp3) is 0.333. The number of amides is 1. The molecule has 4 rings (SSSR count). The summed E-state index contributed by atoms with van der Waals surface area (Å²) in [6.07, 6.45) is 2.99. The molecule has 1 unspecified atom stereocenters. The Morgan fingerprint density at radius 3 is 2.59 bits per heavy atom. The van der Waals surface area contributed by atoms with Crippen LogP contribution in [0.3, 0.4) is 0 Å². The highest BCUT2D eigenvalue weighted by atomic mass is 19.1. The number of pyridine rings is 1. The standard InChI is InChI=1S/C24H26FN5O2/c1-14(2)21-13-32-24(31)30(21)22-9-10-26-23(29-22)28-16(4)20-8-6-18(12-27-20)17-5-7-19(25)15(3)11-17/h5-12,14,16,21H,13H2,1-4H3,(H,26,28,29)/t16-,21?/m0/s1. The van der Waals surface area contributed by atoms with Gasteiger partial charge in [-0.1, -0.05) is 26.0 Å². The molecule has 0 bridgehead atoms. The van der Waals surface area contributed by atoms with Gasteiger partial charge in [0.25, 0.3) is 0 Å². The second-order valence-corrected chi connectivity index (χ2v) is 8.30. The minimum Gasteiger partial charge on any atom is -0.447 e. The number of hydrogen-bond acceptors (Lipinski definition) is 6. The molecule has 1 amide bonds. The summed E-state index contributed by atoms with van der Waals surface area (Å²) in [5.74, 6) is 0.919. The van der Waals surface area contributed by atoms with Crippen LogP contribution in [0.1, 0.15) is 38.1 Å². The Kier molecular flexibility index (Phi) is 6.03. The normalized spacial score (nSPS) is 16.9. The third-order valence-corrected chi connectivity index (χ3v) is 5.63. The third kappa shape index (κ3) is 4.39. The highest BCUT2D eigenvalue weighted by molar-refractivity contribution is 5.89. The second kappa shape index (κ2) is 8.90. The molecule has 1 aliphatic rings. The van der Waals surface area contributed by atoms with Gasteiger partial charge in [0.2, 0.25) is 5.95 Å². The van der Waals surface area contributed by atoms with Gasteiger partial charge in [-0.3, -0.25) is 9.88 Å². The van der Waals surface area contributed by atoms with Crippen LogP contribution in [0.25, 0.3) is 11.1 Å². The molecule has 3 heterocycles. The molecule has 1 aromatic carbocycles. The quantitative estimate of drug-likeness (QED) is 0.577. The van der Waals surface area contributed by atoms with E-state index in [1.165, 1.54) is 6.07 Å². The summed E-state index contributed by atoms with van der Waals surface area (Å²) >= 11 is 0. The van der Waals surface area contributed by atoms with E-state index in [1.807, 2.05) is 32.9 Å². The van der Waals surface area contributed by atoms with Gasteiger partial charge < -0.3 is 10.1 Å². The maximum Gasteiger partial charge on any atom is 0.415 e. The van der Waals surface area contributed by atoms with Crippen LogP contribution < -0.4 is 10.2 Å². The van der Waals surface area contributed by atoms with Gasteiger partial charge in [0, 0.05) is 18.0 Å². The van der Waals surface area contributed by atoms with Gasteiger partial charge in [-0.05, 0) is 55.2 Å². The number of rotatable bonds is 6. The summed E-state index contributed by atoms with van der Waals surface area (Å²) in [6.45, 7) is 8.14. The molecule has 2 atom stereocenters. The lowest BCUT2D eigenvalue weighted by Crippen LogP contribution is -2.37. The molecule has 166 valence electrons. The van der Waals surface area contributed by atoms with E-state index in [1.54, 1.807) is 42.4 Å². The number of aryl methyl sites for hydroxylation is 1. The summed E-state index contributed by atoms with van der Waals surface area (Å²) in [7, 11) is 0. The number of cyclic esters (lactones) is 1. The summed E-state index contributed by atoms with van der Waals surface area (Å²) in [5.41, 5.74) is 3.23. The molecule has 1 aliphatic heterocycles. The molecular weight excluding hydrogens is 409 g/mol.